The van der Waals surface area contributed by atoms with Crippen molar-refractivity contribution in [3.8, 4) is 11.6 Å². The number of aromatic nitrogens is 1. The average molecular weight is 412 g/mol. The van der Waals surface area contributed by atoms with Crippen molar-refractivity contribution in [3.05, 3.63) is 84.1 Å². The highest BCUT2D eigenvalue weighted by Crippen LogP contribution is 2.18. The fraction of sp³-hybridized carbons (Fsp3) is 0.0952. The van der Waals surface area contributed by atoms with Crippen molar-refractivity contribution in [2.45, 2.75) is 13.0 Å². The van der Waals surface area contributed by atoms with Crippen LogP contribution in [0.5, 0.6) is 11.6 Å². The van der Waals surface area contributed by atoms with E-state index in [0.29, 0.717) is 17.2 Å². The standard InChI is InChI=1S/C21H18F2N4O3/c1-13(21(28)26-15-8-9-17(22)18(23)11-15)30-27-20(24)14-7-10-19(25-12-14)29-16-5-3-2-4-6-16/h2-13H,1H3,(H2,24,27)(H,26,28). The van der Waals surface area contributed by atoms with Gasteiger partial charge in [-0.2, -0.15) is 0 Å². The van der Waals surface area contributed by atoms with E-state index in [1.54, 1.807) is 24.3 Å². The van der Waals surface area contributed by atoms with Crippen molar-refractivity contribution in [2.75, 3.05) is 5.32 Å². The molecule has 0 aliphatic carbocycles. The number of carbonyl (C=O) groups excluding carboxylic acids is 1. The minimum Gasteiger partial charge on any atom is -0.439 e. The van der Waals surface area contributed by atoms with Gasteiger partial charge < -0.3 is 20.6 Å². The second-order valence-electron chi connectivity index (χ2n) is 6.14. The van der Waals surface area contributed by atoms with Crippen LogP contribution in [0.25, 0.3) is 0 Å². The van der Waals surface area contributed by atoms with E-state index in [9.17, 15) is 13.6 Å². The van der Waals surface area contributed by atoms with Crippen LogP contribution in [0.4, 0.5) is 14.5 Å². The summed E-state index contributed by atoms with van der Waals surface area (Å²) in [5, 5.41) is 6.12. The highest BCUT2D eigenvalue weighted by atomic mass is 19.2. The number of ether oxygens (including phenoxy) is 1. The minimum absolute atomic E-state index is 0.00115. The fourth-order valence-electron chi connectivity index (χ4n) is 2.26. The molecule has 0 aliphatic heterocycles. The number of benzene rings is 2. The molecule has 154 valence electrons. The summed E-state index contributed by atoms with van der Waals surface area (Å²) in [5.41, 5.74) is 6.41. The van der Waals surface area contributed by atoms with Crippen LogP contribution in [0.3, 0.4) is 0 Å². The number of nitrogens with zero attached hydrogens (tertiary/aromatic N) is 2. The molecule has 0 radical (unpaired) electrons. The van der Waals surface area contributed by atoms with Crippen molar-refractivity contribution >= 4 is 17.4 Å². The van der Waals surface area contributed by atoms with E-state index in [1.165, 1.54) is 19.2 Å². The summed E-state index contributed by atoms with van der Waals surface area (Å²) in [5.74, 6) is -1.68. The van der Waals surface area contributed by atoms with Crippen LogP contribution in [-0.2, 0) is 9.63 Å². The summed E-state index contributed by atoms with van der Waals surface area (Å²) in [7, 11) is 0. The summed E-state index contributed by atoms with van der Waals surface area (Å²) < 4.78 is 31.7. The number of amides is 1. The van der Waals surface area contributed by atoms with Gasteiger partial charge in [0.05, 0.1) is 0 Å². The average Bonchev–Trinajstić information content (AvgIpc) is 2.75. The summed E-state index contributed by atoms with van der Waals surface area (Å²) in [6.07, 6.45) is 0.414. The predicted octanol–water partition coefficient (Wildman–Crippen LogP) is 3.82. The van der Waals surface area contributed by atoms with E-state index in [2.05, 4.69) is 15.5 Å². The number of halogens is 2. The van der Waals surface area contributed by atoms with Gasteiger partial charge in [-0.1, -0.05) is 23.4 Å². The lowest BCUT2D eigenvalue weighted by molar-refractivity contribution is -0.126. The summed E-state index contributed by atoms with van der Waals surface area (Å²) >= 11 is 0. The molecule has 9 heteroatoms. The Morgan fingerprint density at radius 3 is 2.53 bits per heavy atom. The maximum atomic E-state index is 13.2. The van der Waals surface area contributed by atoms with Gasteiger partial charge >= 0.3 is 0 Å². The van der Waals surface area contributed by atoms with Gasteiger partial charge in [0.25, 0.3) is 5.91 Å². The summed E-state index contributed by atoms with van der Waals surface area (Å²) in [6, 6.07) is 15.4. The third kappa shape index (κ3) is 5.51. The number of oxime groups is 1. The van der Waals surface area contributed by atoms with E-state index in [4.69, 9.17) is 15.3 Å². The lowest BCUT2D eigenvalue weighted by Gasteiger charge is -2.11. The van der Waals surface area contributed by atoms with Crippen LogP contribution in [0, 0.1) is 11.6 Å². The van der Waals surface area contributed by atoms with Gasteiger partial charge in [0.2, 0.25) is 12.0 Å². The molecule has 1 heterocycles. The van der Waals surface area contributed by atoms with Crippen LogP contribution in [-0.4, -0.2) is 22.8 Å². The quantitative estimate of drug-likeness (QED) is 0.349. The highest BCUT2D eigenvalue weighted by molar-refractivity contribution is 5.97. The molecule has 1 unspecified atom stereocenters. The molecule has 3 aromatic rings. The third-order valence-corrected chi connectivity index (χ3v) is 3.86. The number of pyridine rings is 1. The Morgan fingerprint density at radius 2 is 1.87 bits per heavy atom. The number of nitrogens with two attached hydrogens (primary N) is 1. The number of nitrogens with one attached hydrogen (secondary N) is 1. The van der Waals surface area contributed by atoms with E-state index < -0.39 is 23.6 Å². The highest BCUT2D eigenvalue weighted by Gasteiger charge is 2.16. The van der Waals surface area contributed by atoms with Gasteiger partial charge in [-0.05, 0) is 37.3 Å². The van der Waals surface area contributed by atoms with Gasteiger partial charge in [-0.15, -0.1) is 0 Å². The molecule has 1 amide bonds. The smallest absolute Gasteiger partial charge is 0.267 e. The Hall–Kier alpha value is -4.01. The topological polar surface area (TPSA) is 98.8 Å². The Labute approximate surface area is 171 Å². The van der Waals surface area contributed by atoms with E-state index >= 15 is 0 Å². The maximum absolute atomic E-state index is 13.2. The Kier molecular flexibility index (Phi) is 6.53. The molecule has 7 nitrogen and oxygen atoms in total. The number of hydrogen-bond acceptors (Lipinski definition) is 5. The molecule has 30 heavy (non-hydrogen) atoms. The number of anilines is 1. The zero-order chi connectivity index (χ0) is 21.5. The Balaban J connectivity index is 1.56. The van der Waals surface area contributed by atoms with Crippen molar-refractivity contribution in [1.29, 1.82) is 0 Å². The lowest BCUT2D eigenvalue weighted by Crippen LogP contribution is -2.27. The van der Waals surface area contributed by atoms with E-state index in [-0.39, 0.29) is 11.5 Å². The molecule has 0 saturated heterocycles. The number of para-hydroxylation sites is 1. The first-order valence-electron chi connectivity index (χ1n) is 8.87. The number of hydrogen-bond donors (Lipinski definition) is 2. The number of rotatable bonds is 7. The fourth-order valence-corrected chi connectivity index (χ4v) is 2.26. The molecule has 3 rings (SSSR count). The summed E-state index contributed by atoms with van der Waals surface area (Å²) in [6.45, 7) is 1.43. The summed E-state index contributed by atoms with van der Waals surface area (Å²) in [4.78, 5) is 21.3. The Morgan fingerprint density at radius 1 is 1.10 bits per heavy atom. The monoisotopic (exact) mass is 412 g/mol. The SMILES string of the molecule is CC(ON=C(N)c1ccc(Oc2ccccc2)nc1)C(=O)Nc1ccc(F)c(F)c1. The van der Waals surface area contributed by atoms with Gasteiger partial charge in [0, 0.05) is 29.6 Å². The normalized spacial score (nSPS) is 12.2. The maximum Gasteiger partial charge on any atom is 0.267 e. The second-order valence-corrected chi connectivity index (χ2v) is 6.14. The number of carbonyl (C=O) groups is 1. The van der Waals surface area contributed by atoms with Crippen molar-refractivity contribution in [1.82, 2.24) is 4.98 Å². The zero-order valence-electron chi connectivity index (χ0n) is 15.9. The van der Waals surface area contributed by atoms with Crippen molar-refractivity contribution < 1.29 is 23.1 Å². The van der Waals surface area contributed by atoms with Gasteiger partial charge in [0.1, 0.15) is 5.75 Å². The van der Waals surface area contributed by atoms with Crippen LogP contribution in [0.15, 0.2) is 72.0 Å². The zero-order valence-corrected chi connectivity index (χ0v) is 15.9. The van der Waals surface area contributed by atoms with Crippen LogP contribution in [0.2, 0.25) is 0 Å². The van der Waals surface area contributed by atoms with Crippen LogP contribution < -0.4 is 15.8 Å². The first kappa shape index (κ1) is 20.7. The van der Waals surface area contributed by atoms with Gasteiger partial charge in [-0.25, -0.2) is 13.8 Å². The molecule has 0 bridgehead atoms. The van der Waals surface area contributed by atoms with E-state index in [1.807, 2.05) is 18.2 Å². The molecule has 0 saturated carbocycles. The number of amidine groups is 1. The minimum atomic E-state index is -1.07. The van der Waals surface area contributed by atoms with Crippen molar-refractivity contribution in [3.63, 3.8) is 0 Å². The molecule has 0 aliphatic rings. The van der Waals surface area contributed by atoms with Crippen molar-refractivity contribution in [2.24, 2.45) is 10.9 Å². The molecular formula is C21H18F2N4O3. The van der Waals surface area contributed by atoms with Gasteiger partial charge in [0.15, 0.2) is 17.5 Å². The Bertz CT molecular complexity index is 1040. The lowest BCUT2D eigenvalue weighted by atomic mass is 10.2. The first-order chi connectivity index (χ1) is 14.4. The third-order valence-electron chi connectivity index (χ3n) is 3.86. The van der Waals surface area contributed by atoms with Crippen LogP contribution in [0.1, 0.15) is 12.5 Å². The van der Waals surface area contributed by atoms with Gasteiger partial charge in [-0.3, -0.25) is 4.79 Å². The first-order valence-corrected chi connectivity index (χ1v) is 8.87. The van der Waals surface area contributed by atoms with E-state index in [0.717, 1.165) is 12.1 Å². The molecule has 0 spiro atoms. The molecular weight excluding hydrogens is 394 g/mol. The predicted molar refractivity (Wildman–Crippen MR) is 107 cm³/mol. The molecule has 2 aromatic carbocycles. The van der Waals surface area contributed by atoms with Crippen LogP contribution >= 0.6 is 0 Å². The molecule has 1 aromatic heterocycles. The molecule has 1 atom stereocenters. The molecule has 0 fully saturated rings. The second kappa shape index (κ2) is 9.46. The largest absolute Gasteiger partial charge is 0.439 e. The molecule has 3 N–H and O–H groups in total.